The fourth-order valence-corrected chi connectivity index (χ4v) is 1.84. The Hall–Kier alpha value is -0.820. The molecule has 1 heterocycles. The Labute approximate surface area is 114 Å². The summed E-state index contributed by atoms with van der Waals surface area (Å²) >= 11 is 2.23. The Morgan fingerprint density at radius 1 is 1.41 bits per heavy atom. The number of carbonyl (C=O) groups excluding carboxylic acids is 1. The van der Waals surface area contributed by atoms with Gasteiger partial charge in [0, 0.05) is 29.1 Å². The number of halogens is 1. The molecule has 1 aromatic carbocycles. The highest BCUT2D eigenvalue weighted by atomic mass is 127. The summed E-state index contributed by atoms with van der Waals surface area (Å²) in [5.74, 6) is 1.25. The van der Waals surface area contributed by atoms with Crippen LogP contribution in [0.15, 0.2) is 24.3 Å². The number of ether oxygens (including phenoxy) is 1. The van der Waals surface area contributed by atoms with Gasteiger partial charge in [-0.1, -0.05) is 0 Å². The minimum atomic E-state index is -0.0598. The quantitative estimate of drug-likeness (QED) is 0.783. The fourth-order valence-electron chi connectivity index (χ4n) is 1.48. The number of nitrogens with one attached hydrogen (secondary N) is 2. The van der Waals surface area contributed by atoms with Crippen molar-refractivity contribution in [2.75, 3.05) is 26.2 Å². The van der Waals surface area contributed by atoms with Gasteiger partial charge in [-0.25, -0.2) is 0 Å². The van der Waals surface area contributed by atoms with Crippen molar-refractivity contribution in [3.63, 3.8) is 0 Å². The van der Waals surface area contributed by atoms with Crippen LogP contribution in [0, 0.1) is 9.49 Å². The van der Waals surface area contributed by atoms with Crippen molar-refractivity contribution in [2.24, 2.45) is 5.92 Å². The lowest BCUT2D eigenvalue weighted by molar-refractivity contribution is -0.123. The van der Waals surface area contributed by atoms with Crippen LogP contribution in [0.2, 0.25) is 0 Å². The first-order valence-electron chi connectivity index (χ1n) is 5.60. The summed E-state index contributed by atoms with van der Waals surface area (Å²) < 4.78 is 6.53. The monoisotopic (exact) mass is 346 g/mol. The number of hydrogen-bond acceptors (Lipinski definition) is 3. The third-order valence-corrected chi connectivity index (χ3v) is 3.36. The molecule has 0 unspecified atom stereocenters. The third kappa shape index (κ3) is 4.16. The maximum atomic E-state index is 11.5. The topological polar surface area (TPSA) is 50.4 Å². The van der Waals surface area contributed by atoms with E-state index in [-0.39, 0.29) is 12.5 Å². The van der Waals surface area contributed by atoms with E-state index in [1.165, 1.54) is 0 Å². The molecule has 0 aliphatic carbocycles. The van der Waals surface area contributed by atoms with Crippen LogP contribution in [0.1, 0.15) is 0 Å². The summed E-state index contributed by atoms with van der Waals surface area (Å²) in [7, 11) is 0. The highest BCUT2D eigenvalue weighted by Gasteiger charge is 2.17. The van der Waals surface area contributed by atoms with E-state index in [1.807, 2.05) is 24.3 Å². The Balaban J connectivity index is 1.66. The molecule has 5 heteroatoms. The lowest BCUT2D eigenvalue weighted by Gasteiger charge is -2.27. The largest absolute Gasteiger partial charge is 0.484 e. The van der Waals surface area contributed by atoms with E-state index in [1.54, 1.807) is 0 Å². The average molecular weight is 346 g/mol. The molecule has 0 atom stereocenters. The number of carbonyl (C=O) groups is 1. The van der Waals surface area contributed by atoms with Crippen molar-refractivity contribution in [2.45, 2.75) is 0 Å². The van der Waals surface area contributed by atoms with Crippen molar-refractivity contribution in [3.8, 4) is 5.75 Å². The van der Waals surface area contributed by atoms with Crippen LogP contribution in [0.25, 0.3) is 0 Å². The summed E-state index contributed by atoms with van der Waals surface area (Å²) in [6.07, 6.45) is 0. The van der Waals surface area contributed by atoms with Crippen LogP contribution in [-0.4, -0.2) is 32.1 Å². The predicted molar refractivity (Wildman–Crippen MR) is 74.0 cm³/mol. The van der Waals surface area contributed by atoms with E-state index in [2.05, 4.69) is 33.2 Å². The first-order chi connectivity index (χ1) is 8.24. The van der Waals surface area contributed by atoms with Gasteiger partial charge in [-0.15, -0.1) is 0 Å². The first-order valence-corrected chi connectivity index (χ1v) is 6.67. The molecule has 1 fully saturated rings. The molecule has 2 N–H and O–H groups in total. The zero-order valence-corrected chi connectivity index (χ0v) is 11.6. The van der Waals surface area contributed by atoms with E-state index in [9.17, 15) is 4.79 Å². The van der Waals surface area contributed by atoms with Crippen molar-refractivity contribution in [1.29, 1.82) is 0 Å². The molecule has 0 bridgehead atoms. The lowest BCUT2D eigenvalue weighted by Crippen LogP contribution is -2.48. The van der Waals surface area contributed by atoms with E-state index < -0.39 is 0 Å². The van der Waals surface area contributed by atoms with Gasteiger partial charge < -0.3 is 15.4 Å². The van der Waals surface area contributed by atoms with Crippen LogP contribution in [-0.2, 0) is 4.79 Å². The molecule has 1 aliphatic rings. The standard InChI is InChI=1S/C12H15IN2O2/c13-10-1-3-11(4-2-10)17-8-12(16)15-7-9-5-14-6-9/h1-4,9,14H,5-8H2,(H,15,16). The summed E-state index contributed by atoms with van der Waals surface area (Å²) in [5, 5.41) is 6.03. The van der Waals surface area contributed by atoms with E-state index in [0.717, 1.165) is 29.0 Å². The van der Waals surface area contributed by atoms with Crippen molar-refractivity contribution in [3.05, 3.63) is 27.8 Å². The maximum Gasteiger partial charge on any atom is 0.257 e. The van der Waals surface area contributed by atoms with E-state index >= 15 is 0 Å². The van der Waals surface area contributed by atoms with Gasteiger partial charge in [0.1, 0.15) is 5.75 Å². The van der Waals surface area contributed by atoms with E-state index in [4.69, 9.17) is 4.74 Å². The van der Waals surface area contributed by atoms with Gasteiger partial charge in [-0.05, 0) is 46.9 Å². The van der Waals surface area contributed by atoms with Gasteiger partial charge in [0.2, 0.25) is 0 Å². The highest BCUT2D eigenvalue weighted by molar-refractivity contribution is 14.1. The SMILES string of the molecule is O=C(COc1ccc(I)cc1)NCC1CNC1. The summed E-state index contributed by atoms with van der Waals surface area (Å²) in [4.78, 5) is 11.5. The second-order valence-corrected chi connectivity index (χ2v) is 5.32. The lowest BCUT2D eigenvalue weighted by atomic mass is 10.0. The molecule has 92 valence electrons. The molecule has 1 amide bonds. The summed E-state index contributed by atoms with van der Waals surface area (Å²) in [5.41, 5.74) is 0. The van der Waals surface area contributed by atoms with Crippen molar-refractivity contribution >= 4 is 28.5 Å². The molecule has 17 heavy (non-hydrogen) atoms. The summed E-state index contributed by atoms with van der Waals surface area (Å²) in [6, 6.07) is 7.64. The van der Waals surface area contributed by atoms with Gasteiger partial charge in [0.25, 0.3) is 5.91 Å². The number of amides is 1. The minimum Gasteiger partial charge on any atom is -0.484 e. The van der Waals surface area contributed by atoms with Gasteiger partial charge in [-0.3, -0.25) is 4.79 Å². The van der Waals surface area contributed by atoms with Crippen LogP contribution in [0.3, 0.4) is 0 Å². The normalized spacial score (nSPS) is 15.1. The molecular weight excluding hydrogens is 331 g/mol. The highest BCUT2D eigenvalue weighted by Crippen LogP contribution is 2.13. The predicted octanol–water partition coefficient (Wildman–Crippen LogP) is 1.01. The molecule has 0 aromatic heterocycles. The molecule has 4 nitrogen and oxygen atoms in total. The van der Waals surface area contributed by atoms with Crippen molar-refractivity contribution in [1.82, 2.24) is 10.6 Å². The van der Waals surface area contributed by atoms with Crippen molar-refractivity contribution < 1.29 is 9.53 Å². The van der Waals surface area contributed by atoms with Crippen LogP contribution in [0.5, 0.6) is 5.75 Å². The Morgan fingerprint density at radius 3 is 2.71 bits per heavy atom. The second-order valence-electron chi connectivity index (χ2n) is 4.07. The molecule has 0 saturated carbocycles. The maximum absolute atomic E-state index is 11.5. The van der Waals surface area contributed by atoms with Gasteiger partial charge in [-0.2, -0.15) is 0 Å². The smallest absolute Gasteiger partial charge is 0.257 e. The molecule has 2 rings (SSSR count). The zero-order valence-electron chi connectivity index (χ0n) is 9.41. The molecule has 0 spiro atoms. The Bertz CT molecular complexity index is 377. The molecule has 1 aromatic rings. The number of rotatable bonds is 5. The first kappa shape index (κ1) is 12.6. The Kier molecular flexibility index (Phi) is 4.61. The van der Waals surface area contributed by atoms with Gasteiger partial charge >= 0.3 is 0 Å². The fraction of sp³-hybridized carbons (Fsp3) is 0.417. The van der Waals surface area contributed by atoms with E-state index in [0.29, 0.717) is 5.92 Å². The average Bonchev–Trinajstić information content (AvgIpc) is 2.26. The van der Waals surface area contributed by atoms with Crippen LogP contribution < -0.4 is 15.4 Å². The van der Waals surface area contributed by atoms with Gasteiger partial charge in [0.05, 0.1) is 0 Å². The van der Waals surface area contributed by atoms with Crippen LogP contribution >= 0.6 is 22.6 Å². The summed E-state index contributed by atoms with van der Waals surface area (Å²) in [6.45, 7) is 2.82. The second kappa shape index (κ2) is 6.20. The van der Waals surface area contributed by atoms with Gasteiger partial charge in [0.15, 0.2) is 6.61 Å². The minimum absolute atomic E-state index is 0.0598. The third-order valence-electron chi connectivity index (χ3n) is 2.64. The number of benzene rings is 1. The van der Waals surface area contributed by atoms with Crippen LogP contribution in [0.4, 0.5) is 0 Å². The Morgan fingerprint density at radius 2 is 2.12 bits per heavy atom. The zero-order chi connectivity index (χ0) is 12.1. The molecular formula is C12H15IN2O2. The number of hydrogen-bond donors (Lipinski definition) is 2. The molecule has 1 saturated heterocycles. The molecule has 0 radical (unpaired) electrons. The molecule has 1 aliphatic heterocycles.